The maximum Gasteiger partial charge on any atom is 0.237 e. The number of hydrogen-bond acceptors (Lipinski definition) is 2. The number of halogens is 3. The molecule has 2 rings (SSSR count). The lowest BCUT2D eigenvalue weighted by Gasteiger charge is -2.24. The third-order valence-electron chi connectivity index (χ3n) is 2.97. The largest absolute Gasteiger partial charge is 0.368 e. The van der Waals surface area contributed by atoms with E-state index in [1.807, 2.05) is 0 Å². The standard InChI is InChI=1S/C12H12ClF2N2O/c13-8-5-7(1-2-9(8)14)6-12(15)3-4-17-10(12)11(16)18/h1-2,5-6,10,17H,3-4H2,(H2,16,18)/t10-,12-/m0/s1. The highest BCUT2D eigenvalue weighted by Crippen LogP contribution is 2.32. The summed E-state index contributed by atoms with van der Waals surface area (Å²) in [5, 5.41) is 2.62. The molecule has 97 valence electrons. The van der Waals surface area contributed by atoms with Gasteiger partial charge in [-0.25, -0.2) is 8.78 Å². The zero-order valence-electron chi connectivity index (χ0n) is 9.42. The van der Waals surface area contributed by atoms with Gasteiger partial charge in [-0.15, -0.1) is 0 Å². The van der Waals surface area contributed by atoms with E-state index in [0.717, 1.165) is 6.07 Å². The maximum atomic E-state index is 14.6. The quantitative estimate of drug-likeness (QED) is 0.879. The smallest absolute Gasteiger partial charge is 0.237 e. The summed E-state index contributed by atoms with van der Waals surface area (Å²) in [5.41, 5.74) is 3.68. The van der Waals surface area contributed by atoms with Crippen LogP contribution in [0.4, 0.5) is 8.78 Å². The molecular weight excluding hydrogens is 262 g/mol. The fourth-order valence-corrected chi connectivity index (χ4v) is 2.28. The molecule has 6 heteroatoms. The number of amides is 1. The normalized spacial score (nSPS) is 27.4. The molecule has 3 nitrogen and oxygen atoms in total. The SMILES string of the molecule is NC(=O)[C@@H]1NCC[C@]1(F)[CH]c1ccc(F)c(Cl)c1. The molecule has 1 aromatic rings. The minimum Gasteiger partial charge on any atom is -0.368 e. The first-order valence-corrected chi connectivity index (χ1v) is 5.83. The maximum absolute atomic E-state index is 14.6. The molecule has 0 unspecified atom stereocenters. The Bertz CT molecular complexity index is 483. The van der Waals surface area contributed by atoms with E-state index in [1.165, 1.54) is 18.6 Å². The van der Waals surface area contributed by atoms with Crippen LogP contribution in [0, 0.1) is 12.2 Å². The molecule has 0 spiro atoms. The van der Waals surface area contributed by atoms with E-state index in [4.69, 9.17) is 17.3 Å². The van der Waals surface area contributed by atoms with Gasteiger partial charge in [0.25, 0.3) is 0 Å². The van der Waals surface area contributed by atoms with Gasteiger partial charge < -0.3 is 11.1 Å². The van der Waals surface area contributed by atoms with Gasteiger partial charge in [0.05, 0.1) is 5.02 Å². The van der Waals surface area contributed by atoms with E-state index in [-0.39, 0.29) is 11.4 Å². The second-order valence-corrected chi connectivity index (χ2v) is 4.69. The predicted octanol–water partition coefficient (Wildman–Crippen LogP) is 1.59. The number of primary amides is 1. The average Bonchev–Trinajstić information content (AvgIpc) is 2.66. The molecule has 1 aromatic carbocycles. The lowest BCUT2D eigenvalue weighted by molar-refractivity contribution is -0.121. The molecule has 1 radical (unpaired) electrons. The summed E-state index contributed by atoms with van der Waals surface area (Å²) in [6, 6.07) is 2.80. The fourth-order valence-electron chi connectivity index (χ4n) is 2.09. The monoisotopic (exact) mass is 273 g/mol. The van der Waals surface area contributed by atoms with Crippen molar-refractivity contribution in [2.24, 2.45) is 5.73 Å². The van der Waals surface area contributed by atoms with Crippen molar-refractivity contribution in [1.29, 1.82) is 0 Å². The Hall–Kier alpha value is -1.20. The van der Waals surface area contributed by atoms with Gasteiger partial charge in [-0.1, -0.05) is 17.7 Å². The number of rotatable bonds is 3. The number of alkyl halides is 1. The summed E-state index contributed by atoms with van der Waals surface area (Å²) in [5.74, 6) is -1.32. The first-order valence-electron chi connectivity index (χ1n) is 5.45. The van der Waals surface area contributed by atoms with E-state index in [0.29, 0.717) is 12.1 Å². The van der Waals surface area contributed by atoms with Crippen LogP contribution in [0.5, 0.6) is 0 Å². The van der Waals surface area contributed by atoms with Gasteiger partial charge in [0, 0.05) is 6.42 Å². The first-order chi connectivity index (χ1) is 8.42. The highest BCUT2D eigenvalue weighted by molar-refractivity contribution is 6.30. The third kappa shape index (κ3) is 2.47. The summed E-state index contributed by atoms with van der Waals surface area (Å²) in [4.78, 5) is 11.1. The number of nitrogens with one attached hydrogen (secondary N) is 1. The topological polar surface area (TPSA) is 55.1 Å². The second-order valence-electron chi connectivity index (χ2n) is 4.28. The van der Waals surface area contributed by atoms with E-state index in [2.05, 4.69) is 5.32 Å². The van der Waals surface area contributed by atoms with Gasteiger partial charge >= 0.3 is 0 Å². The second kappa shape index (κ2) is 4.82. The molecular formula is C12H12ClF2N2O. The van der Waals surface area contributed by atoms with E-state index in [1.54, 1.807) is 0 Å². The molecule has 0 bridgehead atoms. The van der Waals surface area contributed by atoms with E-state index >= 15 is 0 Å². The average molecular weight is 274 g/mol. The lowest BCUT2D eigenvalue weighted by Crippen LogP contribution is -2.49. The van der Waals surface area contributed by atoms with Crippen molar-refractivity contribution in [2.75, 3.05) is 6.54 Å². The van der Waals surface area contributed by atoms with Crippen LogP contribution in [0.3, 0.4) is 0 Å². The minimum absolute atomic E-state index is 0.0890. The highest BCUT2D eigenvalue weighted by atomic mass is 35.5. The van der Waals surface area contributed by atoms with Crippen molar-refractivity contribution in [1.82, 2.24) is 5.32 Å². The van der Waals surface area contributed by atoms with Crippen LogP contribution in [0.25, 0.3) is 0 Å². The molecule has 1 amide bonds. The van der Waals surface area contributed by atoms with Gasteiger partial charge in [0.15, 0.2) is 0 Å². The molecule has 3 N–H and O–H groups in total. The molecule has 0 aromatic heterocycles. The molecule has 0 aliphatic carbocycles. The number of carbonyl (C=O) groups is 1. The van der Waals surface area contributed by atoms with Gasteiger partial charge in [0.2, 0.25) is 5.91 Å². The van der Waals surface area contributed by atoms with E-state index in [9.17, 15) is 13.6 Å². The Balaban J connectivity index is 2.21. The zero-order valence-corrected chi connectivity index (χ0v) is 10.2. The van der Waals surface area contributed by atoms with Crippen molar-refractivity contribution in [3.05, 3.63) is 41.0 Å². The summed E-state index contributed by atoms with van der Waals surface area (Å²) in [7, 11) is 0. The van der Waals surface area contributed by atoms with Gasteiger partial charge in [-0.05, 0) is 30.7 Å². The zero-order chi connectivity index (χ0) is 13.3. The molecule has 1 heterocycles. The van der Waals surface area contributed by atoms with Crippen LogP contribution >= 0.6 is 11.6 Å². The van der Waals surface area contributed by atoms with Crippen molar-refractivity contribution >= 4 is 17.5 Å². The van der Waals surface area contributed by atoms with Crippen LogP contribution in [-0.4, -0.2) is 24.2 Å². The van der Waals surface area contributed by atoms with Gasteiger partial charge in [-0.2, -0.15) is 0 Å². The van der Waals surface area contributed by atoms with Crippen molar-refractivity contribution in [3.8, 4) is 0 Å². The Morgan fingerprint density at radius 3 is 2.94 bits per heavy atom. The number of hydrogen-bond donors (Lipinski definition) is 2. The van der Waals surface area contributed by atoms with Gasteiger partial charge in [0.1, 0.15) is 17.5 Å². The fraction of sp³-hybridized carbons (Fsp3) is 0.333. The summed E-state index contributed by atoms with van der Waals surface area (Å²) in [6.45, 7) is 0.357. The summed E-state index contributed by atoms with van der Waals surface area (Å²) < 4.78 is 27.6. The van der Waals surface area contributed by atoms with E-state index < -0.39 is 23.4 Å². The Kier molecular flexibility index (Phi) is 3.54. The van der Waals surface area contributed by atoms with Crippen LogP contribution in [-0.2, 0) is 4.79 Å². The molecule has 1 saturated heterocycles. The predicted molar refractivity (Wildman–Crippen MR) is 64.3 cm³/mol. The Morgan fingerprint density at radius 2 is 2.33 bits per heavy atom. The molecule has 2 atom stereocenters. The Labute approximate surface area is 108 Å². The Morgan fingerprint density at radius 1 is 1.61 bits per heavy atom. The molecule has 1 aliphatic rings. The molecule has 1 fully saturated rings. The van der Waals surface area contributed by atoms with Crippen LogP contribution < -0.4 is 11.1 Å². The highest BCUT2D eigenvalue weighted by Gasteiger charge is 2.46. The van der Waals surface area contributed by atoms with Gasteiger partial charge in [-0.3, -0.25) is 4.79 Å². The first kappa shape index (κ1) is 13.2. The molecule has 1 aliphatic heterocycles. The van der Waals surface area contributed by atoms with Crippen LogP contribution in [0.15, 0.2) is 18.2 Å². The summed E-state index contributed by atoms with van der Waals surface area (Å²) in [6.07, 6.45) is 1.39. The van der Waals surface area contributed by atoms with Crippen molar-refractivity contribution in [2.45, 2.75) is 18.1 Å². The van der Waals surface area contributed by atoms with Crippen molar-refractivity contribution < 1.29 is 13.6 Å². The van der Waals surface area contributed by atoms with Crippen LogP contribution in [0.1, 0.15) is 12.0 Å². The number of carbonyl (C=O) groups excluding carboxylic acids is 1. The number of benzene rings is 1. The molecule has 0 saturated carbocycles. The number of nitrogens with two attached hydrogens (primary N) is 1. The third-order valence-corrected chi connectivity index (χ3v) is 3.26. The van der Waals surface area contributed by atoms with Crippen molar-refractivity contribution in [3.63, 3.8) is 0 Å². The lowest BCUT2D eigenvalue weighted by atomic mass is 9.89. The van der Waals surface area contributed by atoms with Crippen LogP contribution in [0.2, 0.25) is 5.02 Å². The minimum atomic E-state index is -1.87. The summed E-state index contributed by atoms with van der Waals surface area (Å²) >= 11 is 5.62. The molecule has 18 heavy (non-hydrogen) atoms.